The number of aryl methyl sites for hydroxylation is 1. The molecule has 1 aliphatic rings. The van der Waals surface area contributed by atoms with Gasteiger partial charge in [-0.25, -0.2) is 4.98 Å². The first-order valence-electron chi connectivity index (χ1n) is 5.32. The molecule has 88 valence electrons. The second-order valence-electron chi connectivity index (χ2n) is 3.86. The Bertz CT molecular complexity index is 379. The third kappa shape index (κ3) is 2.54. The van der Waals surface area contributed by atoms with Crippen LogP contribution in [0.2, 0.25) is 5.28 Å². The molecule has 1 aromatic heterocycles. The Labute approximate surface area is 99.4 Å². The van der Waals surface area contributed by atoms with Crippen molar-refractivity contribution in [1.29, 1.82) is 0 Å². The van der Waals surface area contributed by atoms with Crippen molar-refractivity contribution in [2.45, 2.75) is 25.9 Å². The highest BCUT2D eigenvalue weighted by molar-refractivity contribution is 6.28. The Morgan fingerprint density at radius 1 is 1.56 bits per heavy atom. The van der Waals surface area contributed by atoms with Gasteiger partial charge in [0.1, 0.15) is 0 Å². The predicted molar refractivity (Wildman–Crippen MR) is 63.7 cm³/mol. The molecule has 6 heteroatoms. The van der Waals surface area contributed by atoms with Gasteiger partial charge < -0.3 is 15.8 Å². The molecule has 0 amide bonds. The molecule has 0 aromatic carbocycles. The fourth-order valence-electron chi connectivity index (χ4n) is 1.70. The number of nitrogens with two attached hydrogens (primary N) is 1. The Balaban J connectivity index is 2.02. The van der Waals surface area contributed by atoms with Gasteiger partial charge in [-0.1, -0.05) is 0 Å². The molecular weight excluding hydrogens is 228 g/mol. The quantitative estimate of drug-likeness (QED) is 0.788. The summed E-state index contributed by atoms with van der Waals surface area (Å²) in [5, 5.41) is 3.36. The maximum atomic E-state index is 5.85. The molecule has 0 radical (unpaired) electrons. The topological polar surface area (TPSA) is 73.1 Å². The van der Waals surface area contributed by atoms with Crippen molar-refractivity contribution in [1.82, 2.24) is 9.97 Å². The Hall–Kier alpha value is -1.07. The van der Waals surface area contributed by atoms with Gasteiger partial charge in [-0.2, -0.15) is 4.98 Å². The van der Waals surface area contributed by atoms with E-state index in [1.807, 2.05) is 0 Å². The van der Waals surface area contributed by atoms with Crippen molar-refractivity contribution in [3.05, 3.63) is 11.0 Å². The predicted octanol–water partition coefficient (Wildman–Crippen LogP) is 1.61. The summed E-state index contributed by atoms with van der Waals surface area (Å²) in [5.41, 5.74) is 7.08. The van der Waals surface area contributed by atoms with Crippen molar-refractivity contribution < 1.29 is 4.74 Å². The minimum atomic E-state index is 0.210. The van der Waals surface area contributed by atoms with Crippen LogP contribution in [0, 0.1) is 6.92 Å². The number of nitrogen functional groups attached to an aromatic ring is 1. The molecule has 2 heterocycles. The summed E-state index contributed by atoms with van der Waals surface area (Å²) in [6.07, 6.45) is 2.43. The van der Waals surface area contributed by atoms with Crippen molar-refractivity contribution in [3.8, 4) is 0 Å². The first-order valence-corrected chi connectivity index (χ1v) is 5.69. The number of ether oxygens (including phenoxy) is 1. The van der Waals surface area contributed by atoms with Crippen LogP contribution in [0.25, 0.3) is 0 Å². The Morgan fingerprint density at radius 3 is 3.06 bits per heavy atom. The summed E-state index contributed by atoms with van der Waals surface area (Å²) in [6.45, 7) is 3.35. The fraction of sp³-hybridized carbons (Fsp3) is 0.600. The average Bonchev–Trinajstić information content (AvgIpc) is 2.74. The van der Waals surface area contributed by atoms with Crippen molar-refractivity contribution in [2.75, 3.05) is 24.2 Å². The highest BCUT2D eigenvalue weighted by atomic mass is 35.5. The molecule has 5 nitrogen and oxygen atoms in total. The number of nitrogens with zero attached hydrogens (tertiary/aromatic N) is 2. The number of aromatic nitrogens is 2. The molecule has 0 unspecified atom stereocenters. The van der Waals surface area contributed by atoms with Gasteiger partial charge in [-0.05, 0) is 31.4 Å². The zero-order valence-electron chi connectivity index (χ0n) is 9.16. The lowest BCUT2D eigenvalue weighted by atomic mass is 10.2. The summed E-state index contributed by atoms with van der Waals surface area (Å²) >= 11 is 5.77. The van der Waals surface area contributed by atoms with Crippen LogP contribution in [0.4, 0.5) is 11.5 Å². The minimum Gasteiger partial charge on any atom is -0.394 e. The highest BCUT2D eigenvalue weighted by Crippen LogP contribution is 2.21. The smallest absolute Gasteiger partial charge is 0.224 e. The first-order chi connectivity index (χ1) is 7.66. The SMILES string of the molecule is Cc1nc(Cl)nc(NC[C@@H]2CCCO2)c1N. The molecule has 1 fully saturated rings. The molecule has 1 aliphatic heterocycles. The van der Waals surface area contributed by atoms with Crippen LogP contribution in [0.3, 0.4) is 0 Å². The van der Waals surface area contributed by atoms with E-state index < -0.39 is 0 Å². The van der Waals surface area contributed by atoms with Crippen molar-refractivity contribution >= 4 is 23.1 Å². The molecule has 0 bridgehead atoms. The van der Waals surface area contributed by atoms with E-state index >= 15 is 0 Å². The second-order valence-corrected chi connectivity index (χ2v) is 4.19. The van der Waals surface area contributed by atoms with Crippen LogP contribution >= 0.6 is 11.6 Å². The van der Waals surface area contributed by atoms with E-state index in [0.29, 0.717) is 23.7 Å². The number of hydrogen-bond donors (Lipinski definition) is 2. The van der Waals surface area contributed by atoms with Gasteiger partial charge in [0, 0.05) is 13.2 Å². The maximum absolute atomic E-state index is 5.85. The first kappa shape index (κ1) is 11.4. The van der Waals surface area contributed by atoms with Crippen LogP contribution in [0.5, 0.6) is 0 Å². The standard InChI is InChI=1S/C10H15ClN4O/c1-6-8(12)9(15-10(11)14-6)13-5-7-3-2-4-16-7/h7H,2-5,12H2,1H3,(H,13,14,15)/t7-/m0/s1. The van der Waals surface area contributed by atoms with Crippen LogP contribution in [-0.2, 0) is 4.74 Å². The normalized spacial score (nSPS) is 20.0. The largest absolute Gasteiger partial charge is 0.394 e. The van der Waals surface area contributed by atoms with Gasteiger partial charge in [-0.15, -0.1) is 0 Å². The summed E-state index contributed by atoms with van der Waals surface area (Å²) in [7, 11) is 0. The summed E-state index contributed by atoms with van der Waals surface area (Å²) in [6, 6.07) is 0. The lowest BCUT2D eigenvalue weighted by Crippen LogP contribution is -2.20. The molecular formula is C10H15ClN4O. The molecule has 1 saturated heterocycles. The number of halogens is 1. The fourth-order valence-corrected chi connectivity index (χ4v) is 1.91. The molecule has 16 heavy (non-hydrogen) atoms. The maximum Gasteiger partial charge on any atom is 0.224 e. The number of nitrogens with one attached hydrogen (secondary N) is 1. The van der Waals surface area contributed by atoms with E-state index in [4.69, 9.17) is 22.1 Å². The van der Waals surface area contributed by atoms with Gasteiger partial charge in [0.25, 0.3) is 0 Å². The summed E-state index contributed by atoms with van der Waals surface area (Å²) < 4.78 is 5.50. The van der Waals surface area contributed by atoms with Crippen LogP contribution in [-0.4, -0.2) is 29.2 Å². The molecule has 3 N–H and O–H groups in total. The van der Waals surface area contributed by atoms with Crippen LogP contribution < -0.4 is 11.1 Å². The molecule has 1 aromatic rings. The lowest BCUT2D eigenvalue weighted by Gasteiger charge is -2.13. The van der Waals surface area contributed by atoms with Gasteiger partial charge in [-0.3, -0.25) is 0 Å². The van der Waals surface area contributed by atoms with E-state index in [1.54, 1.807) is 6.92 Å². The lowest BCUT2D eigenvalue weighted by molar-refractivity contribution is 0.120. The zero-order chi connectivity index (χ0) is 11.5. The minimum absolute atomic E-state index is 0.210. The van der Waals surface area contributed by atoms with Gasteiger partial charge in [0.05, 0.1) is 17.5 Å². The molecule has 0 aliphatic carbocycles. The van der Waals surface area contributed by atoms with Gasteiger partial charge >= 0.3 is 0 Å². The third-order valence-electron chi connectivity index (χ3n) is 2.63. The van der Waals surface area contributed by atoms with E-state index in [1.165, 1.54) is 0 Å². The van der Waals surface area contributed by atoms with Gasteiger partial charge in [0.15, 0.2) is 5.82 Å². The average molecular weight is 243 g/mol. The number of hydrogen-bond acceptors (Lipinski definition) is 5. The van der Waals surface area contributed by atoms with E-state index in [0.717, 1.165) is 19.4 Å². The molecule has 2 rings (SSSR count). The van der Waals surface area contributed by atoms with Crippen molar-refractivity contribution in [2.24, 2.45) is 0 Å². The molecule has 1 atom stereocenters. The van der Waals surface area contributed by atoms with E-state index in [9.17, 15) is 0 Å². The van der Waals surface area contributed by atoms with E-state index in [-0.39, 0.29) is 11.4 Å². The van der Waals surface area contributed by atoms with Gasteiger partial charge in [0.2, 0.25) is 5.28 Å². The second kappa shape index (κ2) is 4.84. The van der Waals surface area contributed by atoms with Crippen LogP contribution in [0.15, 0.2) is 0 Å². The number of anilines is 2. The molecule has 0 saturated carbocycles. The Kier molecular flexibility index (Phi) is 3.46. The van der Waals surface area contributed by atoms with Crippen LogP contribution in [0.1, 0.15) is 18.5 Å². The Morgan fingerprint density at radius 2 is 2.38 bits per heavy atom. The highest BCUT2D eigenvalue weighted by Gasteiger charge is 2.16. The third-order valence-corrected chi connectivity index (χ3v) is 2.80. The van der Waals surface area contributed by atoms with E-state index in [2.05, 4.69) is 15.3 Å². The molecule has 0 spiro atoms. The summed E-state index contributed by atoms with van der Waals surface area (Å²) in [5.74, 6) is 0.591. The summed E-state index contributed by atoms with van der Waals surface area (Å²) in [4.78, 5) is 8.03. The number of rotatable bonds is 3. The van der Waals surface area contributed by atoms with Crippen molar-refractivity contribution in [3.63, 3.8) is 0 Å². The zero-order valence-corrected chi connectivity index (χ0v) is 9.92. The monoisotopic (exact) mass is 242 g/mol.